The first-order valence-electron chi connectivity index (χ1n) is 5.41. The van der Waals surface area contributed by atoms with E-state index in [2.05, 4.69) is 11.9 Å². The molecule has 0 aliphatic heterocycles. The van der Waals surface area contributed by atoms with Crippen molar-refractivity contribution in [1.29, 1.82) is 0 Å². The van der Waals surface area contributed by atoms with Gasteiger partial charge >= 0.3 is 0 Å². The number of carbonyl (C=O) groups is 1. The van der Waals surface area contributed by atoms with Crippen molar-refractivity contribution in [2.75, 3.05) is 13.1 Å². The van der Waals surface area contributed by atoms with Crippen LogP contribution in [0.5, 0.6) is 0 Å². The highest BCUT2D eigenvalue weighted by molar-refractivity contribution is 5.80. The Morgan fingerprint density at radius 3 is 2.93 bits per heavy atom. The fourth-order valence-electron chi connectivity index (χ4n) is 1.65. The van der Waals surface area contributed by atoms with Crippen molar-refractivity contribution < 1.29 is 9.53 Å². The molecule has 1 aliphatic rings. The molecule has 0 aromatic carbocycles. The molecule has 1 rings (SSSR count). The molecule has 1 amide bonds. The molecule has 86 valence electrons. The van der Waals surface area contributed by atoms with Crippen LogP contribution in [-0.4, -0.2) is 31.2 Å². The summed E-state index contributed by atoms with van der Waals surface area (Å²) in [6.45, 7) is 6.51. The van der Waals surface area contributed by atoms with Gasteiger partial charge in [-0.05, 0) is 32.2 Å². The van der Waals surface area contributed by atoms with Crippen LogP contribution in [0.3, 0.4) is 0 Å². The maximum Gasteiger partial charge on any atom is 0.249 e. The Morgan fingerprint density at radius 2 is 2.40 bits per heavy atom. The van der Waals surface area contributed by atoms with Crippen LogP contribution >= 0.6 is 0 Å². The van der Waals surface area contributed by atoms with Gasteiger partial charge in [-0.25, -0.2) is 0 Å². The first kappa shape index (κ1) is 12.2. The summed E-state index contributed by atoms with van der Waals surface area (Å²) in [6, 6.07) is 0. The van der Waals surface area contributed by atoms with Gasteiger partial charge in [0, 0.05) is 6.54 Å². The third kappa shape index (κ3) is 3.64. The number of carbonyl (C=O) groups excluding carboxylic acids is 1. The summed E-state index contributed by atoms with van der Waals surface area (Å²) >= 11 is 0. The number of ether oxygens (including phenoxy) is 1. The highest BCUT2D eigenvalue weighted by atomic mass is 16.5. The second-order valence-electron chi connectivity index (χ2n) is 4.01. The SMILES string of the molecule is C=CCNC(=O)C(C)OC1CC(CN)C1. The predicted octanol–water partition coefficient (Wildman–Crippen LogP) is 0.431. The Bertz CT molecular complexity index is 225. The van der Waals surface area contributed by atoms with E-state index >= 15 is 0 Å². The maximum atomic E-state index is 11.4. The third-order valence-electron chi connectivity index (χ3n) is 2.71. The molecular weight excluding hydrogens is 192 g/mol. The van der Waals surface area contributed by atoms with Crippen molar-refractivity contribution in [2.45, 2.75) is 32.0 Å². The van der Waals surface area contributed by atoms with E-state index in [1.54, 1.807) is 13.0 Å². The molecule has 1 atom stereocenters. The summed E-state index contributed by atoms with van der Waals surface area (Å²) < 4.78 is 5.58. The van der Waals surface area contributed by atoms with Crippen LogP contribution in [0.1, 0.15) is 19.8 Å². The van der Waals surface area contributed by atoms with E-state index in [4.69, 9.17) is 10.5 Å². The van der Waals surface area contributed by atoms with Crippen LogP contribution in [0.15, 0.2) is 12.7 Å². The van der Waals surface area contributed by atoms with E-state index in [1.807, 2.05) is 0 Å². The third-order valence-corrected chi connectivity index (χ3v) is 2.71. The minimum absolute atomic E-state index is 0.0777. The van der Waals surface area contributed by atoms with Crippen LogP contribution in [-0.2, 0) is 9.53 Å². The number of hydrogen-bond donors (Lipinski definition) is 2. The van der Waals surface area contributed by atoms with Gasteiger partial charge in [-0.1, -0.05) is 6.08 Å². The van der Waals surface area contributed by atoms with Gasteiger partial charge in [0.25, 0.3) is 0 Å². The van der Waals surface area contributed by atoms with E-state index in [0.717, 1.165) is 19.4 Å². The van der Waals surface area contributed by atoms with Crippen molar-refractivity contribution in [1.82, 2.24) is 5.32 Å². The van der Waals surface area contributed by atoms with E-state index in [9.17, 15) is 4.79 Å². The minimum atomic E-state index is -0.381. The van der Waals surface area contributed by atoms with Crippen LogP contribution in [0.25, 0.3) is 0 Å². The summed E-state index contributed by atoms with van der Waals surface area (Å²) in [6.07, 6.45) is 3.44. The van der Waals surface area contributed by atoms with E-state index < -0.39 is 0 Å². The minimum Gasteiger partial charge on any atom is -0.365 e. The van der Waals surface area contributed by atoms with Crippen LogP contribution in [0.4, 0.5) is 0 Å². The zero-order valence-corrected chi connectivity index (χ0v) is 9.24. The summed E-state index contributed by atoms with van der Waals surface area (Å²) in [5.41, 5.74) is 5.51. The molecule has 0 aromatic heterocycles. The summed E-state index contributed by atoms with van der Waals surface area (Å²) in [5.74, 6) is 0.504. The zero-order chi connectivity index (χ0) is 11.3. The number of nitrogens with one attached hydrogen (secondary N) is 1. The second kappa shape index (κ2) is 5.88. The van der Waals surface area contributed by atoms with Gasteiger partial charge in [-0.3, -0.25) is 4.79 Å². The Labute approximate surface area is 90.9 Å². The van der Waals surface area contributed by atoms with Gasteiger partial charge in [-0.2, -0.15) is 0 Å². The number of rotatable bonds is 6. The molecule has 0 aromatic rings. The van der Waals surface area contributed by atoms with Crippen molar-refractivity contribution in [2.24, 2.45) is 11.7 Å². The lowest BCUT2D eigenvalue weighted by molar-refractivity contribution is -0.140. The average Bonchev–Trinajstić information content (AvgIpc) is 2.18. The highest BCUT2D eigenvalue weighted by Crippen LogP contribution is 2.29. The van der Waals surface area contributed by atoms with Gasteiger partial charge < -0.3 is 15.8 Å². The Morgan fingerprint density at radius 1 is 1.73 bits per heavy atom. The van der Waals surface area contributed by atoms with Crippen LogP contribution in [0.2, 0.25) is 0 Å². The molecule has 0 radical (unpaired) electrons. The van der Waals surface area contributed by atoms with Gasteiger partial charge in [-0.15, -0.1) is 6.58 Å². The fraction of sp³-hybridized carbons (Fsp3) is 0.727. The van der Waals surface area contributed by atoms with Gasteiger partial charge in [0.15, 0.2) is 0 Å². The number of amides is 1. The second-order valence-corrected chi connectivity index (χ2v) is 4.01. The molecule has 15 heavy (non-hydrogen) atoms. The van der Waals surface area contributed by atoms with Gasteiger partial charge in [0.05, 0.1) is 6.10 Å². The Kier molecular flexibility index (Phi) is 4.78. The summed E-state index contributed by atoms with van der Waals surface area (Å²) in [7, 11) is 0. The number of nitrogens with two attached hydrogens (primary N) is 1. The number of hydrogen-bond acceptors (Lipinski definition) is 3. The average molecular weight is 212 g/mol. The largest absolute Gasteiger partial charge is 0.365 e. The standard InChI is InChI=1S/C11H20N2O2/c1-3-4-13-11(14)8(2)15-10-5-9(6-10)7-12/h3,8-10H,1,4-7,12H2,2H3,(H,13,14). The molecule has 0 bridgehead atoms. The molecule has 0 saturated heterocycles. The van der Waals surface area contributed by atoms with Crippen molar-refractivity contribution in [3.05, 3.63) is 12.7 Å². The fourth-order valence-corrected chi connectivity index (χ4v) is 1.65. The van der Waals surface area contributed by atoms with E-state index in [0.29, 0.717) is 12.5 Å². The monoisotopic (exact) mass is 212 g/mol. The molecule has 1 fully saturated rings. The van der Waals surface area contributed by atoms with Crippen LogP contribution < -0.4 is 11.1 Å². The smallest absolute Gasteiger partial charge is 0.249 e. The molecular formula is C11H20N2O2. The Balaban J connectivity index is 2.15. The predicted molar refractivity (Wildman–Crippen MR) is 59.3 cm³/mol. The first-order chi connectivity index (χ1) is 7.17. The molecule has 1 aliphatic carbocycles. The highest BCUT2D eigenvalue weighted by Gasteiger charge is 2.31. The molecule has 0 spiro atoms. The van der Waals surface area contributed by atoms with E-state index in [1.165, 1.54) is 0 Å². The molecule has 0 heterocycles. The zero-order valence-electron chi connectivity index (χ0n) is 9.24. The lowest BCUT2D eigenvalue weighted by atomic mass is 9.82. The Hall–Kier alpha value is -0.870. The maximum absolute atomic E-state index is 11.4. The quantitative estimate of drug-likeness (QED) is 0.628. The van der Waals surface area contributed by atoms with Crippen LogP contribution in [0, 0.1) is 5.92 Å². The molecule has 4 heteroatoms. The molecule has 1 unspecified atom stereocenters. The first-order valence-corrected chi connectivity index (χ1v) is 5.41. The molecule has 3 N–H and O–H groups in total. The topological polar surface area (TPSA) is 64.3 Å². The normalized spacial score (nSPS) is 26.5. The van der Waals surface area contributed by atoms with E-state index in [-0.39, 0.29) is 18.1 Å². The van der Waals surface area contributed by atoms with Gasteiger partial charge in [0.2, 0.25) is 5.91 Å². The van der Waals surface area contributed by atoms with Gasteiger partial charge in [0.1, 0.15) is 6.10 Å². The molecule has 1 saturated carbocycles. The summed E-state index contributed by atoms with van der Waals surface area (Å²) in [5, 5.41) is 2.70. The molecule has 4 nitrogen and oxygen atoms in total. The van der Waals surface area contributed by atoms with Crippen molar-refractivity contribution in [3.63, 3.8) is 0 Å². The lowest BCUT2D eigenvalue weighted by Crippen LogP contribution is -2.42. The van der Waals surface area contributed by atoms with Crippen molar-refractivity contribution >= 4 is 5.91 Å². The summed E-state index contributed by atoms with van der Waals surface area (Å²) in [4.78, 5) is 11.4. The lowest BCUT2D eigenvalue weighted by Gasteiger charge is -2.35. The van der Waals surface area contributed by atoms with Crippen molar-refractivity contribution in [3.8, 4) is 0 Å².